The zero-order chi connectivity index (χ0) is 10.1. The molecule has 3 rings (SSSR count). The van der Waals surface area contributed by atoms with Crippen LogP contribution in [0.3, 0.4) is 0 Å². The minimum absolute atomic E-state index is 0.816. The van der Waals surface area contributed by atoms with Gasteiger partial charge in [-0.1, -0.05) is 18.2 Å². The molecule has 0 spiro atoms. The van der Waals surface area contributed by atoms with E-state index in [0.717, 1.165) is 11.8 Å². The predicted molar refractivity (Wildman–Crippen MR) is 65.5 cm³/mol. The van der Waals surface area contributed by atoms with Gasteiger partial charge in [0.15, 0.2) is 0 Å². The number of fused-ring (bicyclic) bond motifs is 1. The maximum absolute atomic E-state index is 3.46. The van der Waals surface area contributed by atoms with Crippen molar-refractivity contribution in [3.05, 3.63) is 29.8 Å². The molecule has 1 aromatic carbocycles. The Balaban J connectivity index is 1.73. The second-order valence-corrected chi connectivity index (χ2v) is 5.70. The van der Waals surface area contributed by atoms with Gasteiger partial charge < -0.3 is 5.32 Å². The maximum Gasteiger partial charge on any atom is 0.0107 e. The summed E-state index contributed by atoms with van der Waals surface area (Å²) in [6.07, 6.45) is 2.76. The van der Waals surface area contributed by atoms with Crippen molar-refractivity contribution in [3.8, 4) is 0 Å². The molecule has 1 nitrogen and oxygen atoms in total. The molecule has 0 radical (unpaired) electrons. The summed E-state index contributed by atoms with van der Waals surface area (Å²) in [6.45, 7) is 2.47. The van der Waals surface area contributed by atoms with Crippen LogP contribution in [0.5, 0.6) is 0 Å². The fourth-order valence-electron chi connectivity index (χ4n) is 2.74. The van der Waals surface area contributed by atoms with Crippen molar-refractivity contribution in [1.82, 2.24) is 5.32 Å². The fourth-order valence-corrected chi connectivity index (χ4v) is 4.01. The van der Waals surface area contributed by atoms with E-state index in [2.05, 4.69) is 29.6 Å². The molecule has 2 atom stereocenters. The van der Waals surface area contributed by atoms with Crippen LogP contribution in [0.2, 0.25) is 0 Å². The summed E-state index contributed by atoms with van der Waals surface area (Å²) in [5.74, 6) is 3.04. The van der Waals surface area contributed by atoms with Crippen molar-refractivity contribution in [2.45, 2.75) is 23.7 Å². The molecule has 2 heteroatoms. The molecule has 0 aliphatic carbocycles. The molecule has 0 amide bonds. The zero-order valence-electron chi connectivity index (χ0n) is 8.91. The highest BCUT2D eigenvalue weighted by atomic mass is 32.2. The molecular weight excluding hydrogens is 202 g/mol. The van der Waals surface area contributed by atoms with E-state index in [1.165, 1.54) is 36.6 Å². The normalized spacial score (nSPS) is 29.3. The highest BCUT2D eigenvalue weighted by Crippen LogP contribution is 2.42. The lowest BCUT2D eigenvalue weighted by molar-refractivity contribution is 0.488. The number of benzene rings is 1. The average Bonchev–Trinajstić information content (AvgIpc) is 2.89. The Kier molecular flexibility index (Phi) is 2.72. The van der Waals surface area contributed by atoms with Crippen LogP contribution < -0.4 is 5.32 Å². The minimum atomic E-state index is 0.816. The lowest BCUT2D eigenvalue weighted by atomic mass is 9.90. The number of hydrogen-bond donors (Lipinski definition) is 1. The molecule has 0 bridgehead atoms. The van der Waals surface area contributed by atoms with Gasteiger partial charge in [0.1, 0.15) is 0 Å². The monoisotopic (exact) mass is 219 g/mol. The van der Waals surface area contributed by atoms with Crippen LogP contribution in [0.15, 0.2) is 29.2 Å². The molecule has 2 heterocycles. The molecule has 2 aliphatic heterocycles. The number of nitrogens with one attached hydrogen (secondary N) is 1. The Morgan fingerprint density at radius 3 is 3.13 bits per heavy atom. The maximum atomic E-state index is 3.46. The Morgan fingerprint density at radius 2 is 2.27 bits per heavy atom. The summed E-state index contributed by atoms with van der Waals surface area (Å²) in [4.78, 5) is 1.52. The van der Waals surface area contributed by atoms with Crippen molar-refractivity contribution < 1.29 is 0 Å². The van der Waals surface area contributed by atoms with Gasteiger partial charge in [-0.05, 0) is 49.4 Å². The van der Waals surface area contributed by atoms with Crippen LogP contribution in [-0.4, -0.2) is 18.8 Å². The first kappa shape index (κ1) is 9.73. The fraction of sp³-hybridized carbons (Fsp3) is 0.538. The molecule has 0 saturated carbocycles. The van der Waals surface area contributed by atoms with E-state index < -0.39 is 0 Å². The van der Waals surface area contributed by atoms with Gasteiger partial charge in [0.05, 0.1) is 0 Å². The van der Waals surface area contributed by atoms with Crippen molar-refractivity contribution in [2.75, 3.05) is 18.8 Å². The Bertz CT molecular complexity index is 344. The summed E-state index contributed by atoms with van der Waals surface area (Å²) >= 11 is 2.04. The van der Waals surface area contributed by atoms with Crippen LogP contribution in [0.1, 0.15) is 24.3 Å². The van der Waals surface area contributed by atoms with Crippen molar-refractivity contribution in [2.24, 2.45) is 5.92 Å². The van der Waals surface area contributed by atoms with Gasteiger partial charge in [0, 0.05) is 10.6 Å². The number of hydrogen-bond acceptors (Lipinski definition) is 2. The molecule has 2 aliphatic rings. The van der Waals surface area contributed by atoms with Crippen molar-refractivity contribution in [3.63, 3.8) is 0 Å². The van der Waals surface area contributed by atoms with Gasteiger partial charge in [0.2, 0.25) is 0 Å². The summed E-state index contributed by atoms with van der Waals surface area (Å²) in [5, 5.41) is 3.46. The smallest absolute Gasteiger partial charge is 0.0107 e. The molecule has 0 aromatic heterocycles. The highest BCUT2D eigenvalue weighted by Gasteiger charge is 2.26. The van der Waals surface area contributed by atoms with Crippen LogP contribution in [-0.2, 0) is 0 Å². The van der Waals surface area contributed by atoms with Crippen molar-refractivity contribution >= 4 is 11.8 Å². The summed E-state index contributed by atoms with van der Waals surface area (Å²) in [6, 6.07) is 8.94. The van der Waals surface area contributed by atoms with Crippen LogP contribution in [0.25, 0.3) is 0 Å². The average molecular weight is 219 g/mol. The summed E-state index contributed by atoms with van der Waals surface area (Å²) < 4.78 is 0. The molecule has 15 heavy (non-hydrogen) atoms. The molecule has 1 aromatic rings. The first-order chi connectivity index (χ1) is 7.43. The van der Waals surface area contributed by atoms with Crippen LogP contribution in [0.4, 0.5) is 0 Å². The van der Waals surface area contributed by atoms with E-state index >= 15 is 0 Å². The molecule has 1 fully saturated rings. The van der Waals surface area contributed by atoms with Gasteiger partial charge in [0.25, 0.3) is 0 Å². The van der Waals surface area contributed by atoms with Gasteiger partial charge in [-0.15, -0.1) is 11.8 Å². The predicted octanol–water partition coefficient (Wildman–Crippen LogP) is 2.88. The quantitative estimate of drug-likeness (QED) is 0.821. The van der Waals surface area contributed by atoms with E-state index in [0.29, 0.717) is 0 Å². The minimum Gasteiger partial charge on any atom is -0.316 e. The van der Waals surface area contributed by atoms with E-state index in [1.54, 1.807) is 5.56 Å². The first-order valence-electron chi connectivity index (χ1n) is 5.86. The summed E-state index contributed by atoms with van der Waals surface area (Å²) in [5.41, 5.74) is 1.61. The SMILES string of the molecule is c1ccc2c(c1)SCC2CC1CCNC1. The topological polar surface area (TPSA) is 12.0 Å². The lowest BCUT2D eigenvalue weighted by Gasteiger charge is -2.15. The van der Waals surface area contributed by atoms with E-state index in [-0.39, 0.29) is 0 Å². The zero-order valence-corrected chi connectivity index (χ0v) is 9.72. The third-order valence-corrected chi connectivity index (χ3v) is 4.83. The second kappa shape index (κ2) is 4.18. The second-order valence-electron chi connectivity index (χ2n) is 4.64. The van der Waals surface area contributed by atoms with Gasteiger partial charge in [-0.3, -0.25) is 0 Å². The van der Waals surface area contributed by atoms with Crippen LogP contribution >= 0.6 is 11.8 Å². The van der Waals surface area contributed by atoms with Gasteiger partial charge >= 0.3 is 0 Å². The third-order valence-electron chi connectivity index (χ3n) is 3.58. The molecule has 1 N–H and O–H groups in total. The van der Waals surface area contributed by atoms with Gasteiger partial charge in [-0.25, -0.2) is 0 Å². The van der Waals surface area contributed by atoms with E-state index in [4.69, 9.17) is 0 Å². The number of thioether (sulfide) groups is 1. The van der Waals surface area contributed by atoms with Gasteiger partial charge in [-0.2, -0.15) is 0 Å². The Hall–Kier alpha value is -0.470. The Labute approximate surface area is 95.6 Å². The largest absolute Gasteiger partial charge is 0.316 e. The molecule has 2 unspecified atom stereocenters. The highest BCUT2D eigenvalue weighted by molar-refractivity contribution is 7.99. The molecular formula is C13H17NS. The summed E-state index contributed by atoms with van der Waals surface area (Å²) in [7, 11) is 0. The Morgan fingerprint density at radius 1 is 1.33 bits per heavy atom. The van der Waals surface area contributed by atoms with E-state index in [9.17, 15) is 0 Å². The lowest BCUT2D eigenvalue weighted by Crippen LogP contribution is -2.12. The standard InChI is InChI=1S/C13H17NS/c1-2-4-13-12(3-1)11(9-15-13)7-10-5-6-14-8-10/h1-4,10-11,14H,5-9H2. The van der Waals surface area contributed by atoms with E-state index in [1.807, 2.05) is 11.8 Å². The number of rotatable bonds is 2. The van der Waals surface area contributed by atoms with Crippen LogP contribution in [0, 0.1) is 5.92 Å². The third kappa shape index (κ3) is 1.93. The molecule has 1 saturated heterocycles. The molecule has 80 valence electrons. The van der Waals surface area contributed by atoms with Crippen molar-refractivity contribution in [1.29, 1.82) is 0 Å². The first-order valence-corrected chi connectivity index (χ1v) is 6.84.